The highest BCUT2D eigenvalue weighted by Crippen LogP contribution is 2.22. The number of aromatic carboxylic acids is 1. The largest absolute Gasteiger partial charge is 0.495 e. The molecule has 0 spiro atoms. The van der Waals surface area contributed by atoms with Crippen molar-refractivity contribution in [3.05, 3.63) is 65.2 Å². The van der Waals surface area contributed by atoms with Crippen LogP contribution in [0.5, 0.6) is 5.75 Å². The Morgan fingerprint density at radius 2 is 1.88 bits per heavy atom. The van der Waals surface area contributed by atoms with Crippen LogP contribution in [0.1, 0.15) is 21.5 Å². The third kappa shape index (κ3) is 5.29. The Bertz CT molecular complexity index is 806. The van der Waals surface area contributed by atoms with E-state index in [0.29, 0.717) is 5.56 Å². The van der Waals surface area contributed by atoms with Gasteiger partial charge in [0.2, 0.25) is 0 Å². The number of alkyl carbamates (subject to hydrolysis) is 1. The van der Waals surface area contributed by atoms with Gasteiger partial charge in [-0.2, -0.15) is 0 Å². The molecule has 25 heavy (non-hydrogen) atoms. The van der Waals surface area contributed by atoms with Gasteiger partial charge in [-0.1, -0.05) is 48.2 Å². The van der Waals surface area contributed by atoms with Gasteiger partial charge in [-0.15, -0.1) is 0 Å². The van der Waals surface area contributed by atoms with Crippen molar-refractivity contribution in [1.82, 2.24) is 5.32 Å². The standard InChI is InChI=1S/C19H17NO5/c1-24-17-15(9-5-11-16(17)18(21)22)10-6-12-20-19(23)25-13-14-7-3-2-4-8-14/h2-5,7-9,11H,12-13H2,1H3,(H,20,23)(H,21,22). The average Bonchev–Trinajstić information content (AvgIpc) is 2.64. The lowest BCUT2D eigenvalue weighted by Gasteiger charge is -2.06. The van der Waals surface area contributed by atoms with E-state index in [1.54, 1.807) is 12.1 Å². The summed E-state index contributed by atoms with van der Waals surface area (Å²) in [5, 5.41) is 11.6. The molecule has 0 fully saturated rings. The van der Waals surface area contributed by atoms with Crippen LogP contribution in [0.15, 0.2) is 48.5 Å². The number of methoxy groups -OCH3 is 1. The quantitative estimate of drug-likeness (QED) is 0.818. The molecule has 6 heteroatoms. The second kappa shape index (κ2) is 8.99. The summed E-state index contributed by atoms with van der Waals surface area (Å²) >= 11 is 0. The van der Waals surface area contributed by atoms with Gasteiger partial charge in [0.1, 0.15) is 17.9 Å². The topological polar surface area (TPSA) is 84.9 Å². The third-order valence-corrected chi connectivity index (χ3v) is 3.21. The maximum Gasteiger partial charge on any atom is 0.408 e. The van der Waals surface area contributed by atoms with E-state index in [9.17, 15) is 9.59 Å². The molecule has 0 aliphatic rings. The van der Waals surface area contributed by atoms with Gasteiger partial charge in [-0.05, 0) is 17.7 Å². The Labute approximate surface area is 145 Å². The van der Waals surface area contributed by atoms with Crippen LogP contribution in [0.4, 0.5) is 4.79 Å². The van der Waals surface area contributed by atoms with Crippen molar-refractivity contribution in [1.29, 1.82) is 0 Å². The molecule has 2 aromatic rings. The molecule has 6 nitrogen and oxygen atoms in total. The third-order valence-electron chi connectivity index (χ3n) is 3.21. The SMILES string of the molecule is COc1c(C#CCNC(=O)OCc2ccccc2)cccc1C(=O)O. The van der Waals surface area contributed by atoms with Gasteiger partial charge in [0.15, 0.2) is 0 Å². The molecule has 0 saturated heterocycles. The van der Waals surface area contributed by atoms with Crippen molar-refractivity contribution in [2.24, 2.45) is 0 Å². The molecule has 0 aliphatic carbocycles. The molecule has 0 heterocycles. The highest BCUT2D eigenvalue weighted by Gasteiger charge is 2.13. The number of hydrogen-bond donors (Lipinski definition) is 2. The van der Waals surface area contributed by atoms with Crippen molar-refractivity contribution in [2.75, 3.05) is 13.7 Å². The fraction of sp³-hybridized carbons (Fsp3) is 0.158. The monoisotopic (exact) mass is 339 g/mol. The van der Waals surface area contributed by atoms with Gasteiger partial charge in [0.05, 0.1) is 19.2 Å². The molecule has 0 unspecified atom stereocenters. The molecular weight excluding hydrogens is 322 g/mol. The van der Waals surface area contributed by atoms with E-state index >= 15 is 0 Å². The summed E-state index contributed by atoms with van der Waals surface area (Å²) in [5.74, 6) is 4.61. The number of para-hydroxylation sites is 1. The fourth-order valence-corrected chi connectivity index (χ4v) is 2.05. The zero-order valence-electron chi connectivity index (χ0n) is 13.6. The predicted octanol–water partition coefficient (Wildman–Crippen LogP) is 2.67. The van der Waals surface area contributed by atoms with Crippen molar-refractivity contribution >= 4 is 12.1 Å². The molecule has 0 atom stereocenters. The van der Waals surface area contributed by atoms with Crippen molar-refractivity contribution < 1.29 is 24.2 Å². The number of benzene rings is 2. The number of carbonyl (C=O) groups excluding carboxylic acids is 1. The Hall–Kier alpha value is -3.46. The zero-order valence-corrected chi connectivity index (χ0v) is 13.6. The van der Waals surface area contributed by atoms with Crippen LogP contribution in [-0.4, -0.2) is 30.8 Å². The van der Waals surface area contributed by atoms with Gasteiger partial charge < -0.3 is 19.9 Å². The minimum Gasteiger partial charge on any atom is -0.495 e. The fourth-order valence-electron chi connectivity index (χ4n) is 2.05. The Morgan fingerprint density at radius 3 is 2.56 bits per heavy atom. The second-order valence-corrected chi connectivity index (χ2v) is 4.91. The number of nitrogens with one attached hydrogen (secondary N) is 1. The summed E-state index contributed by atoms with van der Waals surface area (Å²) in [6, 6.07) is 14.0. The van der Waals surface area contributed by atoms with Gasteiger partial charge in [-0.25, -0.2) is 9.59 Å². The number of hydrogen-bond acceptors (Lipinski definition) is 4. The van der Waals surface area contributed by atoms with E-state index in [4.69, 9.17) is 14.6 Å². The first-order valence-electron chi connectivity index (χ1n) is 7.45. The smallest absolute Gasteiger partial charge is 0.408 e. The molecule has 2 aromatic carbocycles. The Balaban J connectivity index is 1.89. The molecule has 0 aromatic heterocycles. The van der Waals surface area contributed by atoms with Crippen LogP contribution >= 0.6 is 0 Å². The van der Waals surface area contributed by atoms with Crippen LogP contribution in [0, 0.1) is 11.8 Å². The minimum absolute atomic E-state index is 0.0320. The molecule has 2 rings (SSSR count). The van der Waals surface area contributed by atoms with Crippen molar-refractivity contribution in [3.63, 3.8) is 0 Å². The van der Waals surface area contributed by atoms with E-state index < -0.39 is 12.1 Å². The number of amides is 1. The number of rotatable bonds is 5. The molecule has 0 radical (unpaired) electrons. The van der Waals surface area contributed by atoms with Gasteiger partial charge in [0, 0.05) is 0 Å². The van der Waals surface area contributed by atoms with Crippen molar-refractivity contribution in [3.8, 4) is 17.6 Å². The number of carboxylic acid groups (broad SMARTS) is 1. The van der Waals surface area contributed by atoms with Crippen LogP contribution in [-0.2, 0) is 11.3 Å². The lowest BCUT2D eigenvalue weighted by molar-refractivity contribution is 0.0693. The van der Waals surface area contributed by atoms with E-state index in [1.807, 2.05) is 30.3 Å². The normalized spacial score (nSPS) is 9.48. The summed E-state index contributed by atoms with van der Waals surface area (Å²) in [7, 11) is 1.38. The van der Waals surface area contributed by atoms with Crippen LogP contribution in [0.25, 0.3) is 0 Å². The minimum atomic E-state index is -1.09. The van der Waals surface area contributed by atoms with Crippen molar-refractivity contribution in [2.45, 2.75) is 6.61 Å². The van der Waals surface area contributed by atoms with Crippen LogP contribution in [0.3, 0.4) is 0 Å². The van der Waals surface area contributed by atoms with E-state index in [2.05, 4.69) is 17.2 Å². The Kier molecular flexibility index (Phi) is 6.43. The molecule has 2 N–H and O–H groups in total. The first-order valence-corrected chi connectivity index (χ1v) is 7.45. The predicted molar refractivity (Wildman–Crippen MR) is 91.5 cm³/mol. The van der Waals surface area contributed by atoms with E-state index in [-0.39, 0.29) is 24.5 Å². The molecule has 0 saturated carbocycles. The summed E-state index contributed by atoms with van der Waals surface area (Å²) < 4.78 is 10.2. The summed E-state index contributed by atoms with van der Waals surface area (Å²) in [6.07, 6.45) is -0.579. The second-order valence-electron chi connectivity index (χ2n) is 4.91. The molecule has 128 valence electrons. The number of carboxylic acids is 1. The number of carbonyl (C=O) groups is 2. The maximum atomic E-state index is 11.6. The average molecular weight is 339 g/mol. The highest BCUT2D eigenvalue weighted by atomic mass is 16.5. The van der Waals surface area contributed by atoms with Gasteiger partial charge >= 0.3 is 12.1 Å². The molecule has 0 aliphatic heterocycles. The first kappa shape index (κ1) is 17.9. The van der Waals surface area contributed by atoms with Crippen LogP contribution in [0.2, 0.25) is 0 Å². The van der Waals surface area contributed by atoms with Crippen LogP contribution < -0.4 is 10.1 Å². The highest BCUT2D eigenvalue weighted by molar-refractivity contribution is 5.91. The van der Waals surface area contributed by atoms with E-state index in [0.717, 1.165) is 5.56 Å². The number of ether oxygens (including phenoxy) is 2. The zero-order chi connectivity index (χ0) is 18.1. The lowest BCUT2D eigenvalue weighted by atomic mass is 10.1. The summed E-state index contributed by atoms with van der Waals surface area (Å²) in [6.45, 7) is 0.239. The molecular formula is C19H17NO5. The summed E-state index contributed by atoms with van der Waals surface area (Å²) in [4.78, 5) is 22.7. The Morgan fingerprint density at radius 1 is 1.12 bits per heavy atom. The lowest BCUT2D eigenvalue weighted by Crippen LogP contribution is -2.24. The van der Waals surface area contributed by atoms with E-state index in [1.165, 1.54) is 13.2 Å². The van der Waals surface area contributed by atoms with Gasteiger partial charge in [-0.3, -0.25) is 0 Å². The summed E-state index contributed by atoms with van der Waals surface area (Å²) in [5.41, 5.74) is 1.35. The molecule has 1 amide bonds. The molecule has 0 bridgehead atoms. The first-order chi connectivity index (χ1) is 12.1. The maximum absolute atomic E-state index is 11.6. The van der Waals surface area contributed by atoms with Gasteiger partial charge in [0.25, 0.3) is 0 Å².